The fourth-order valence-corrected chi connectivity index (χ4v) is 3.00. The number of hydrogen-bond donors (Lipinski definition) is 1. The molecule has 1 aliphatic heterocycles. The first kappa shape index (κ1) is 22.4. The van der Waals surface area contributed by atoms with Crippen molar-refractivity contribution in [1.82, 2.24) is 14.3 Å². The number of carbonyl (C=O) groups excluding carboxylic acids is 1. The molecule has 1 saturated heterocycles. The number of aromatic nitrogens is 2. The Morgan fingerprint density at radius 3 is 2.26 bits per heavy atom. The Bertz CT molecular complexity index is 498. The lowest BCUT2D eigenvalue weighted by atomic mass is 9.86. The van der Waals surface area contributed by atoms with Crippen molar-refractivity contribution in [2.75, 3.05) is 31.1 Å². The van der Waals surface area contributed by atoms with Crippen LogP contribution < -0.4 is 10.6 Å². The number of carbonyl (C=O) groups is 1. The number of piperazine rings is 1. The van der Waals surface area contributed by atoms with Crippen LogP contribution in [0.2, 0.25) is 0 Å². The summed E-state index contributed by atoms with van der Waals surface area (Å²) in [6.07, 6.45) is 0.857. The summed E-state index contributed by atoms with van der Waals surface area (Å²) in [7, 11) is 0. The van der Waals surface area contributed by atoms with E-state index in [0.29, 0.717) is 13.1 Å². The smallest absolute Gasteiger partial charge is 0.240 e. The summed E-state index contributed by atoms with van der Waals surface area (Å²) < 4.78 is 4.31. The Hall–Kier alpha value is -0.630. The molecule has 6 nitrogen and oxygen atoms in total. The number of anilines is 1. The zero-order valence-electron chi connectivity index (χ0n) is 14.1. The predicted octanol–water partition coefficient (Wildman–Crippen LogP) is 1.97. The van der Waals surface area contributed by atoms with Crippen molar-refractivity contribution in [2.24, 2.45) is 11.1 Å². The highest BCUT2D eigenvalue weighted by atomic mass is 35.5. The van der Waals surface area contributed by atoms with Gasteiger partial charge >= 0.3 is 0 Å². The number of nitrogens with zero attached hydrogens (tertiary/aromatic N) is 4. The largest absolute Gasteiger partial charge is 0.343 e. The average molecular weight is 384 g/mol. The van der Waals surface area contributed by atoms with Gasteiger partial charge in [-0.3, -0.25) is 4.79 Å². The van der Waals surface area contributed by atoms with Crippen LogP contribution in [0.1, 0.15) is 33.5 Å². The summed E-state index contributed by atoms with van der Waals surface area (Å²) in [6.45, 7) is 11.0. The van der Waals surface area contributed by atoms with Crippen molar-refractivity contribution < 1.29 is 4.79 Å². The molecule has 0 unspecified atom stereocenters. The molecule has 2 N–H and O–H groups in total. The van der Waals surface area contributed by atoms with Gasteiger partial charge in [-0.15, -0.1) is 24.8 Å². The number of aryl methyl sites for hydroxylation is 1. The van der Waals surface area contributed by atoms with Gasteiger partial charge in [-0.1, -0.05) is 27.7 Å². The monoisotopic (exact) mass is 383 g/mol. The molecule has 1 fully saturated rings. The van der Waals surface area contributed by atoms with Crippen LogP contribution in [0, 0.1) is 5.41 Å². The van der Waals surface area contributed by atoms with Crippen LogP contribution in [0.25, 0.3) is 0 Å². The molecular weight excluding hydrogens is 357 g/mol. The molecule has 0 aliphatic carbocycles. The van der Waals surface area contributed by atoms with E-state index in [1.807, 2.05) is 25.7 Å². The second-order valence-electron chi connectivity index (χ2n) is 6.50. The maximum absolute atomic E-state index is 12.4. The lowest BCUT2D eigenvalue weighted by Gasteiger charge is -2.37. The third kappa shape index (κ3) is 5.45. The van der Waals surface area contributed by atoms with Gasteiger partial charge in [-0.2, -0.15) is 4.37 Å². The first-order valence-corrected chi connectivity index (χ1v) is 8.22. The zero-order valence-corrected chi connectivity index (χ0v) is 16.6. The van der Waals surface area contributed by atoms with Crippen LogP contribution in [-0.2, 0) is 11.2 Å². The van der Waals surface area contributed by atoms with E-state index in [1.54, 1.807) is 0 Å². The molecule has 0 bridgehead atoms. The number of rotatable bonds is 3. The van der Waals surface area contributed by atoms with Crippen LogP contribution >= 0.6 is 36.3 Å². The molecule has 0 saturated carbocycles. The summed E-state index contributed by atoms with van der Waals surface area (Å²) in [5.74, 6) is 0.942. The number of hydrogen-bond acceptors (Lipinski definition) is 6. The van der Waals surface area contributed by atoms with Crippen LogP contribution in [0.5, 0.6) is 0 Å². The maximum Gasteiger partial charge on any atom is 0.240 e. The molecule has 1 amide bonds. The highest BCUT2D eigenvalue weighted by molar-refractivity contribution is 7.09. The molecule has 0 aromatic carbocycles. The number of amides is 1. The van der Waals surface area contributed by atoms with E-state index < -0.39 is 6.04 Å². The van der Waals surface area contributed by atoms with E-state index in [1.165, 1.54) is 11.5 Å². The Balaban J connectivity index is 0.00000242. The van der Waals surface area contributed by atoms with E-state index in [-0.39, 0.29) is 36.1 Å². The normalized spacial score (nSPS) is 16.4. The first-order chi connectivity index (χ1) is 9.82. The van der Waals surface area contributed by atoms with Crippen molar-refractivity contribution in [3.63, 3.8) is 0 Å². The molecule has 1 atom stereocenters. The lowest BCUT2D eigenvalue weighted by molar-refractivity contribution is -0.135. The van der Waals surface area contributed by atoms with Crippen LogP contribution in [-0.4, -0.2) is 52.4 Å². The molecule has 2 rings (SSSR count). The molecule has 2 heterocycles. The van der Waals surface area contributed by atoms with Gasteiger partial charge in [0.2, 0.25) is 11.0 Å². The fraction of sp³-hybridized carbons (Fsp3) is 0.786. The molecule has 1 aromatic rings. The second-order valence-corrected chi connectivity index (χ2v) is 7.23. The van der Waals surface area contributed by atoms with Gasteiger partial charge < -0.3 is 15.5 Å². The van der Waals surface area contributed by atoms with Gasteiger partial charge in [0.1, 0.15) is 5.82 Å². The first-order valence-electron chi connectivity index (χ1n) is 7.45. The number of nitrogens with two attached hydrogens (primary N) is 1. The van der Waals surface area contributed by atoms with Gasteiger partial charge in [-0.25, -0.2) is 4.98 Å². The standard InChI is InChI=1S/C14H25N5OS.2ClH/c1-5-10-16-13(21-17-10)19-8-6-18(7-9-19)12(20)11(15)14(2,3)4;;/h11H,5-9,15H2,1-4H3;2*1H/t11-;;/m1../s1. The van der Waals surface area contributed by atoms with Gasteiger partial charge in [0.15, 0.2) is 0 Å². The molecule has 1 aliphatic rings. The zero-order chi connectivity index (χ0) is 15.6. The highest BCUT2D eigenvalue weighted by Crippen LogP contribution is 2.22. The summed E-state index contributed by atoms with van der Waals surface area (Å²) in [5, 5.41) is 0.957. The van der Waals surface area contributed by atoms with Crippen molar-refractivity contribution in [3.8, 4) is 0 Å². The summed E-state index contributed by atoms with van der Waals surface area (Å²) in [5.41, 5.74) is 5.86. The van der Waals surface area contributed by atoms with E-state index >= 15 is 0 Å². The van der Waals surface area contributed by atoms with E-state index in [9.17, 15) is 4.79 Å². The fourth-order valence-electron chi connectivity index (χ4n) is 2.20. The van der Waals surface area contributed by atoms with Crippen LogP contribution in [0.4, 0.5) is 5.13 Å². The molecular formula is C14H27Cl2N5OS. The molecule has 134 valence electrons. The summed E-state index contributed by atoms with van der Waals surface area (Å²) >= 11 is 1.44. The SMILES string of the molecule is CCc1nsc(N2CCN(C(=O)[C@@H](N)C(C)(C)C)CC2)n1.Cl.Cl. The van der Waals surface area contributed by atoms with E-state index in [0.717, 1.165) is 30.5 Å². The Morgan fingerprint density at radius 1 is 1.26 bits per heavy atom. The molecule has 9 heteroatoms. The molecule has 0 radical (unpaired) electrons. The van der Waals surface area contributed by atoms with Crippen molar-refractivity contribution >= 4 is 47.4 Å². The third-order valence-electron chi connectivity index (χ3n) is 3.83. The summed E-state index contributed by atoms with van der Waals surface area (Å²) in [6, 6.07) is -0.447. The van der Waals surface area contributed by atoms with Crippen molar-refractivity contribution in [1.29, 1.82) is 0 Å². The van der Waals surface area contributed by atoms with Gasteiger partial charge in [0.05, 0.1) is 6.04 Å². The molecule has 1 aromatic heterocycles. The van der Waals surface area contributed by atoms with E-state index in [2.05, 4.69) is 21.2 Å². The van der Waals surface area contributed by atoms with Gasteiger partial charge in [0, 0.05) is 44.1 Å². The predicted molar refractivity (Wildman–Crippen MR) is 100 cm³/mol. The van der Waals surface area contributed by atoms with Crippen molar-refractivity contribution in [3.05, 3.63) is 5.82 Å². The second kappa shape index (κ2) is 9.01. The van der Waals surface area contributed by atoms with Gasteiger partial charge in [-0.05, 0) is 5.41 Å². The van der Waals surface area contributed by atoms with E-state index in [4.69, 9.17) is 5.73 Å². The topological polar surface area (TPSA) is 75.4 Å². The minimum absolute atomic E-state index is 0. The molecule has 23 heavy (non-hydrogen) atoms. The van der Waals surface area contributed by atoms with Crippen LogP contribution in [0.15, 0.2) is 0 Å². The van der Waals surface area contributed by atoms with Crippen molar-refractivity contribution in [2.45, 2.75) is 40.2 Å². The van der Waals surface area contributed by atoms with Crippen LogP contribution in [0.3, 0.4) is 0 Å². The Labute approximate surface area is 154 Å². The minimum atomic E-state index is -0.447. The highest BCUT2D eigenvalue weighted by Gasteiger charge is 2.32. The minimum Gasteiger partial charge on any atom is -0.343 e. The maximum atomic E-state index is 12.4. The third-order valence-corrected chi connectivity index (χ3v) is 4.65. The Morgan fingerprint density at radius 2 is 1.83 bits per heavy atom. The average Bonchev–Trinajstić information content (AvgIpc) is 2.94. The molecule has 0 spiro atoms. The summed E-state index contributed by atoms with van der Waals surface area (Å²) in [4.78, 5) is 21.0. The number of halogens is 2. The lowest BCUT2D eigenvalue weighted by Crippen LogP contribution is -2.56. The Kier molecular flexibility index (Phi) is 8.76. The van der Waals surface area contributed by atoms with Gasteiger partial charge in [0.25, 0.3) is 0 Å². The quantitative estimate of drug-likeness (QED) is 0.862.